The zero-order valence-electron chi connectivity index (χ0n) is 8.74. The number of aliphatic hydroxyl groups is 1. The van der Waals surface area contributed by atoms with Gasteiger partial charge in [-0.25, -0.2) is 0 Å². The van der Waals surface area contributed by atoms with Crippen molar-refractivity contribution < 1.29 is 14.6 Å². The number of hydrogen-bond donors (Lipinski definition) is 1. The number of ether oxygens (including phenoxy) is 2. The standard InChI is InChI=1S/C10H12N2O4/c1-2-5-7(14)8-9(15-5)12-4-3-6(13)11-10(12)16-8/h3-5,7-9,14H,2H2,1H3/t5-,7-,8?,9-/m1/s1. The fourth-order valence-corrected chi connectivity index (χ4v) is 2.21. The fraction of sp³-hybridized carbons (Fsp3) is 0.600. The third-order valence-corrected chi connectivity index (χ3v) is 3.04. The van der Waals surface area contributed by atoms with Crippen molar-refractivity contribution in [3.63, 3.8) is 0 Å². The summed E-state index contributed by atoms with van der Waals surface area (Å²) in [4.78, 5) is 14.8. The van der Waals surface area contributed by atoms with Gasteiger partial charge in [0.1, 0.15) is 6.10 Å². The van der Waals surface area contributed by atoms with Crippen molar-refractivity contribution in [1.29, 1.82) is 0 Å². The average Bonchev–Trinajstić information content (AvgIpc) is 2.75. The normalized spacial score (nSPS) is 35.6. The zero-order chi connectivity index (χ0) is 11.3. The average molecular weight is 224 g/mol. The molecule has 0 radical (unpaired) electrons. The molecule has 3 heterocycles. The SMILES string of the molecule is CC[C@H]1O[C@@H]2C(Oc3nc(=O)ccn32)[C@@H]1O. The Morgan fingerprint density at radius 1 is 1.62 bits per heavy atom. The van der Waals surface area contributed by atoms with E-state index in [1.807, 2.05) is 6.92 Å². The molecule has 16 heavy (non-hydrogen) atoms. The van der Waals surface area contributed by atoms with E-state index in [1.165, 1.54) is 6.07 Å². The van der Waals surface area contributed by atoms with Gasteiger partial charge in [0.05, 0.1) is 6.10 Å². The van der Waals surface area contributed by atoms with E-state index in [1.54, 1.807) is 10.8 Å². The highest BCUT2D eigenvalue weighted by Gasteiger charge is 2.50. The second kappa shape index (κ2) is 3.29. The largest absolute Gasteiger partial charge is 0.453 e. The van der Waals surface area contributed by atoms with Crippen LogP contribution in [-0.2, 0) is 4.74 Å². The lowest BCUT2D eigenvalue weighted by Crippen LogP contribution is -2.32. The van der Waals surface area contributed by atoms with E-state index in [2.05, 4.69) is 4.98 Å². The Hall–Kier alpha value is -1.40. The molecule has 0 spiro atoms. The van der Waals surface area contributed by atoms with Gasteiger partial charge in [0, 0.05) is 12.3 Å². The molecule has 2 aliphatic rings. The predicted molar refractivity (Wildman–Crippen MR) is 53.1 cm³/mol. The van der Waals surface area contributed by atoms with E-state index in [0.717, 1.165) is 6.42 Å². The maximum atomic E-state index is 11.0. The van der Waals surface area contributed by atoms with Crippen LogP contribution in [0.5, 0.6) is 6.01 Å². The summed E-state index contributed by atoms with van der Waals surface area (Å²) in [6, 6.07) is 1.57. The molecule has 0 saturated carbocycles. The smallest absolute Gasteiger partial charge is 0.302 e. The molecule has 1 unspecified atom stereocenters. The van der Waals surface area contributed by atoms with Crippen molar-refractivity contribution in [3.05, 3.63) is 22.6 Å². The molecule has 86 valence electrons. The second-order valence-electron chi connectivity index (χ2n) is 4.00. The first-order chi connectivity index (χ1) is 7.70. The van der Waals surface area contributed by atoms with Crippen molar-refractivity contribution in [2.24, 2.45) is 0 Å². The highest BCUT2D eigenvalue weighted by molar-refractivity contribution is 5.10. The number of nitrogens with zero attached hydrogens (tertiary/aromatic N) is 2. The predicted octanol–water partition coefficient (Wildman–Crippen LogP) is -0.327. The van der Waals surface area contributed by atoms with Crippen LogP contribution >= 0.6 is 0 Å². The third kappa shape index (κ3) is 1.20. The lowest BCUT2D eigenvalue weighted by molar-refractivity contribution is -0.0184. The van der Waals surface area contributed by atoms with Crippen molar-refractivity contribution >= 4 is 0 Å². The lowest BCUT2D eigenvalue weighted by Gasteiger charge is -2.14. The summed E-state index contributed by atoms with van der Waals surface area (Å²) in [6.45, 7) is 1.94. The highest BCUT2D eigenvalue weighted by Crippen LogP contribution is 2.39. The van der Waals surface area contributed by atoms with E-state index in [9.17, 15) is 9.90 Å². The highest BCUT2D eigenvalue weighted by atomic mass is 16.6. The van der Waals surface area contributed by atoms with Gasteiger partial charge >= 0.3 is 6.01 Å². The molecule has 6 heteroatoms. The molecule has 0 amide bonds. The Balaban J connectivity index is 1.99. The van der Waals surface area contributed by atoms with Crippen molar-refractivity contribution in [1.82, 2.24) is 9.55 Å². The Kier molecular flexibility index (Phi) is 2.02. The summed E-state index contributed by atoms with van der Waals surface area (Å²) >= 11 is 0. The van der Waals surface area contributed by atoms with E-state index in [0.29, 0.717) is 0 Å². The Labute approximate surface area is 91.4 Å². The van der Waals surface area contributed by atoms with Gasteiger partial charge < -0.3 is 14.6 Å². The summed E-state index contributed by atoms with van der Waals surface area (Å²) in [6.07, 6.45) is 0.581. The molecular weight excluding hydrogens is 212 g/mol. The van der Waals surface area contributed by atoms with E-state index in [-0.39, 0.29) is 23.9 Å². The number of aliphatic hydroxyl groups excluding tert-OH is 1. The molecule has 0 bridgehead atoms. The number of hydrogen-bond acceptors (Lipinski definition) is 5. The maximum Gasteiger partial charge on any atom is 0.302 e. The summed E-state index contributed by atoms with van der Waals surface area (Å²) in [7, 11) is 0. The van der Waals surface area contributed by atoms with E-state index < -0.39 is 12.2 Å². The molecule has 3 rings (SSSR count). The summed E-state index contributed by atoms with van der Waals surface area (Å²) in [5.41, 5.74) is -0.354. The number of fused-ring (bicyclic) bond motifs is 3. The van der Waals surface area contributed by atoms with Crippen molar-refractivity contribution in [2.45, 2.75) is 37.9 Å². The first-order valence-corrected chi connectivity index (χ1v) is 5.30. The minimum absolute atomic E-state index is 0.219. The monoisotopic (exact) mass is 224 g/mol. The van der Waals surface area contributed by atoms with Gasteiger partial charge in [-0.05, 0) is 6.42 Å². The first-order valence-electron chi connectivity index (χ1n) is 5.30. The minimum atomic E-state index is -0.674. The quantitative estimate of drug-likeness (QED) is 0.707. The third-order valence-electron chi connectivity index (χ3n) is 3.04. The van der Waals surface area contributed by atoms with Gasteiger partial charge in [-0.15, -0.1) is 0 Å². The molecule has 1 N–H and O–H groups in total. The van der Waals surface area contributed by atoms with Gasteiger partial charge in [-0.2, -0.15) is 4.98 Å². The Bertz CT molecular complexity index is 472. The van der Waals surface area contributed by atoms with Crippen LogP contribution in [0.15, 0.2) is 17.1 Å². The summed E-state index contributed by atoms with van der Waals surface area (Å²) < 4.78 is 12.7. The van der Waals surface area contributed by atoms with Crippen LogP contribution in [0.25, 0.3) is 0 Å². The molecule has 0 aliphatic carbocycles. The number of aromatic nitrogens is 2. The van der Waals surface area contributed by atoms with Gasteiger partial charge in [0.15, 0.2) is 12.3 Å². The van der Waals surface area contributed by atoms with Crippen LogP contribution in [0, 0.1) is 0 Å². The molecule has 1 aromatic rings. The van der Waals surface area contributed by atoms with Crippen LogP contribution in [0.3, 0.4) is 0 Å². The molecule has 6 nitrogen and oxygen atoms in total. The van der Waals surface area contributed by atoms with Crippen LogP contribution in [-0.4, -0.2) is 33.0 Å². The molecule has 1 saturated heterocycles. The number of rotatable bonds is 1. The summed E-state index contributed by atoms with van der Waals surface area (Å²) in [5.74, 6) is 0. The van der Waals surface area contributed by atoms with Crippen LogP contribution < -0.4 is 10.3 Å². The maximum absolute atomic E-state index is 11.0. The van der Waals surface area contributed by atoms with Crippen LogP contribution in [0.1, 0.15) is 19.6 Å². The van der Waals surface area contributed by atoms with Gasteiger partial charge in [-0.1, -0.05) is 6.92 Å². The fourth-order valence-electron chi connectivity index (χ4n) is 2.21. The van der Waals surface area contributed by atoms with Crippen molar-refractivity contribution in [2.75, 3.05) is 0 Å². The second-order valence-corrected chi connectivity index (χ2v) is 4.00. The summed E-state index contributed by atoms with van der Waals surface area (Å²) in [5, 5.41) is 9.93. The van der Waals surface area contributed by atoms with Gasteiger partial charge in [0.2, 0.25) is 0 Å². The minimum Gasteiger partial charge on any atom is -0.453 e. The van der Waals surface area contributed by atoms with E-state index in [4.69, 9.17) is 9.47 Å². The van der Waals surface area contributed by atoms with Crippen LogP contribution in [0.2, 0.25) is 0 Å². The molecule has 4 atom stereocenters. The molecule has 1 aromatic heterocycles. The lowest BCUT2D eigenvalue weighted by atomic mass is 10.1. The first kappa shape index (κ1) is 9.80. The molecular formula is C10H12N2O4. The van der Waals surface area contributed by atoms with Crippen LogP contribution in [0.4, 0.5) is 0 Å². The zero-order valence-corrected chi connectivity index (χ0v) is 8.74. The van der Waals surface area contributed by atoms with E-state index >= 15 is 0 Å². The Morgan fingerprint density at radius 3 is 3.19 bits per heavy atom. The molecule has 1 fully saturated rings. The topological polar surface area (TPSA) is 73.6 Å². The molecule has 2 aliphatic heterocycles. The van der Waals surface area contributed by atoms with Gasteiger partial charge in [-0.3, -0.25) is 9.36 Å². The van der Waals surface area contributed by atoms with Crippen molar-refractivity contribution in [3.8, 4) is 6.01 Å². The van der Waals surface area contributed by atoms with Gasteiger partial charge in [0.25, 0.3) is 5.56 Å². The molecule has 0 aromatic carbocycles. The Morgan fingerprint density at radius 2 is 2.44 bits per heavy atom.